The van der Waals surface area contributed by atoms with Gasteiger partial charge in [0, 0.05) is 77.8 Å². The number of ketones is 4. The second-order valence-corrected chi connectivity index (χ2v) is 35.4. The first-order valence-electron chi connectivity index (χ1n) is 41.4. The number of methoxy groups -OCH3 is 2. The van der Waals surface area contributed by atoms with Crippen LogP contribution < -0.4 is 0 Å². The number of phenolic OH excluding ortho intramolecular Hbond substituents is 1. The standard InChI is InChI=1S/C15H20O2.C13H10O2.C13H18O2.3C13H10O.C7H16O2.C7H16O.2C5H12.C2H6.CH3N3/c1-15(2,3)11-12-17-14(16)10-9-13-7-5-4-6-8-13;14-12-9-5-4-8-11(12)13(15)10-6-2-1-3-7-10;1-13(2,3)9-10-15-12(14)11-7-5-4-6-8-11;3*14-13(11-7-3-1-4-8-11)12-9-5-2-6-10-12;1-7(2,3)6(8)5-9-4;1-7(2,3)5-6-8-4;2*1-5(2,3)4;1-2;1-3-4-2/h4-10H,11-12H2,1-3H3;1-9,14H;4-8H,9-10H2,1-3H3;3*1-10H;6,8H,5H2,1-4H3;5-6H2,1-4H3;2*1-4H3;1-2H3;1H3/b10-9+;;;;;;;;;;;. The van der Waals surface area contributed by atoms with E-state index in [0.717, 1.165) is 64.8 Å². The van der Waals surface area contributed by atoms with Crippen LogP contribution in [0, 0.1) is 32.5 Å². The average Bonchev–Trinajstić information content (AvgIpc) is 0.851. The maximum atomic E-state index is 11.9. The predicted octanol–water partition coefficient (Wildman–Crippen LogP) is 27.5. The molecule has 0 saturated heterocycles. The molecule has 0 amide bonds. The zero-order valence-corrected chi connectivity index (χ0v) is 77.8. The Morgan fingerprint density at radius 2 is 0.598 bits per heavy atom. The summed E-state index contributed by atoms with van der Waals surface area (Å²) in [6.45, 7) is 49.1. The lowest BCUT2D eigenvalue weighted by Crippen LogP contribution is -2.30. The smallest absolute Gasteiger partial charge is 0.338 e. The number of aliphatic hydroxyl groups excluding tert-OH is 1. The summed E-state index contributed by atoms with van der Waals surface area (Å²) in [5, 5.41) is 21.7. The molecule has 0 radical (unpaired) electrons. The third-order valence-corrected chi connectivity index (χ3v) is 15.3. The highest BCUT2D eigenvalue weighted by atomic mass is 16.5. The molecule has 658 valence electrons. The predicted molar refractivity (Wildman–Crippen MR) is 508 cm³/mol. The molecule has 0 fully saturated rings. The number of benzene rings is 10. The van der Waals surface area contributed by atoms with E-state index in [1.54, 1.807) is 74.9 Å². The van der Waals surface area contributed by atoms with Crippen molar-refractivity contribution in [1.82, 2.24) is 0 Å². The van der Waals surface area contributed by atoms with Crippen molar-refractivity contribution in [3.05, 3.63) is 369 Å². The molecule has 0 heterocycles. The number of hydrogen-bond acceptors (Lipinski definition) is 13. The molecule has 10 aromatic rings. The van der Waals surface area contributed by atoms with Crippen LogP contribution in [0.4, 0.5) is 0 Å². The molecule has 15 nitrogen and oxygen atoms in total. The fourth-order valence-corrected chi connectivity index (χ4v) is 8.61. The number of aromatic hydroxyl groups is 1. The number of esters is 2. The van der Waals surface area contributed by atoms with E-state index >= 15 is 0 Å². The van der Waals surface area contributed by atoms with Crippen molar-refractivity contribution in [3.63, 3.8) is 0 Å². The van der Waals surface area contributed by atoms with Crippen LogP contribution in [-0.4, -0.2) is 99.1 Å². The number of nitrogens with zero attached hydrogens (tertiary/aromatic N) is 3. The van der Waals surface area contributed by atoms with Crippen LogP contribution in [0.15, 0.2) is 308 Å². The molecule has 1 atom stereocenters. The first kappa shape index (κ1) is 113. The van der Waals surface area contributed by atoms with Crippen LogP contribution in [-0.2, 0) is 23.7 Å². The molecule has 0 spiro atoms. The van der Waals surface area contributed by atoms with Crippen LogP contribution in [0.3, 0.4) is 0 Å². The fourth-order valence-electron chi connectivity index (χ4n) is 8.61. The number of carbonyl (C=O) groups excluding carboxylic acids is 6. The van der Waals surface area contributed by atoms with Crippen molar-refractivity contribution in [3.8, 4) is 5.75 Å². The normalized spacial score (nSPS) is 10.7. The summed E-state index contributed by atoms with van der Waals surface area (Å²) in [4.78, 5) is 72.7. The summed E-state index contributed by atoms with van der Waals surface area (Å²) in [7, 11) is 4.72. The quantitative estimate of drug-likeness (QED) is 0.0192. The molecule has 1 unspecified atom stereocenters. The highest BCUT2D eigenvalue weighted by Crippen LogP contribution is 2.23. The molecular formula is C107H143N3O12. The third-order valence-electron chi connectivity index (χ3n) is 15.3. The monoisotopic (exact) mass is 1660 g/mol. The van der Waals surface area contributed by atoms with Gasteiger partial charge in [-0.2, -0.15) is 0 Å². The Labute approximate surface area is 733 Å². The van der Waals surface area contributed by atoms with Crippen LogP contribution in [0.1, 0.15) is 251 Å². The van der Waals surface area contributed by atoms with Crippen molar-refractivity contribution < 1.29 is 57.9 Å². The highest BCUT2D eigenvalue weighted by molar-refractivity contribution is 6.11. The summed E-state index contributed by atoms with van der Waals surface area (Å²) in [6, 6.07) is 90.1. The number of para-hydroxylation sites is 1. The Morgan fingerprint density at radius 3 is 0.828 bits per heavy atom. The molecule has 0 aliphatic heterocycles. The second-order valence-electron chi connectivity index (χ2n) is 35.4. The third kappa shape index (κ3) is 62.7. The number of hydrogen-bond donors (Lipinski definition) is 2. The lowest BCUT2D eigenvalue weighted by Gasteiger charge is -2.24. The van der Waals surface area contributed by atoms with Gasteiger partial charge in [-0.15, -0.1) is 0 Å². The minimum Gasteiger partial charge on any atom is -0.507 e. The van der Waals surface area contributed by atoms with Crippen molar-refractivity contribution in [2.75, 3.05) is 47.7 Å². The Bertz CT molecular complexity index is 4090. The Hall–Kier alpha value is -11.5. The molecule has 2 N–H and O–H groups in total. The minimum atomic E-state index is -0.359. The zero-order valence-electron chi connectivity index (χ0n) is 77.8. The van der Waals surface area contributed by atoms with Gasteiger partial charge in [0.25, 0.3) is 0 Å². The fraction of sp³-hybridized carbons (Fsp3) is 0.364. The molecule has 0 saturated carbocycles. The van der Waals surface area contributed by atoms with E-state index in [9.17, 15) is 39.0 Å². The van der Waals surface area contributed by atoms with E-state index < -0.39 is 0 Å². The van der Waals surface area contributed by atoms with Gasteiger partial charge in [0.15, 0.2) is 23.1 Å². The van der Waals surface area contributed by atoms with E-state index in [0.29, 0.717) is 52.8 Å². The van der Waals surface area contributed by atoms with Crippen molar-refractivity contribution in [2.24, 2.45) is 37.6 Å². The van der Waals surface area contributed by atoms with Gasteiger partial charge < -0.3 is 29.2 Å². The lowest BCUT2D eigenvalue weighted by atomic mass is 9.90. The number of azide groups is 1. The maximum Gasteiger partial charge on any atom is 0.338 e. The van der Waals surface area contributed by atoms with E-state index in [2.05, 4.69) is 128 Å². The Morgan fingerprint density at radius 1 is 0.361 bits per heavy atom. The lowest BCUT2D eigenvalue weighted by molar-refractivity contribution is -0.138. The van der Waals surface area contributed by atoms with E-state index in [1.807, 2.05) is 271 Å². The molecule has 0 aromatic heterocycles. The number of aliphatic hydroxyl groups is 1. The zero-order chi connectivity index (χ0) is 92.6. The minimum absolute atomic E-state index is 0.0198. The number of rotatable bonds is 19. The van der Waals surface area contributed by atoms with E-state index in [1.165, 1.54) is 19.2 Å². The first-order chi connectivity index (χ1) is 57.3. The van der Waals surface area contributed by atoms with Crippen LogP contribution in [0.2, 0.25) is 0 Å². The van der Waals surface area contributed by atoms with Gasteiger partial charge in [-0.05, 0) is 93.2 Å². The maximum absolute atomic E-state index is 11.9. The Balaban J connectivity index is 0. The molecule has 0 bridgehead atoms. The summed E-state index contributed by atoms with van der Waals surface area (Å²) in [5.41, 5.74) is 16.0. The molecule has 10 rings (SSSR count). The topological polar surface area (TPSA) is 229 Å². The summed E-state index contributed by atoms with van der Waals surface area (Å²) < 4.78 is 20.0. The van der Waals surface area contributed by atoms with Crippen molar-refractivity contribution >= 4 is 41.1 Å². The van der Waals surface area contributed by atoms with Crippen molar-refractivity contribution in [2.45, 2.75) is 178 Å². The van der Waals surface area contributed by atoms with Gasteiger partial charge in [-0.1, -0.05) is 430 Å². The molecule has 122 heavy (non-hydrogen) atoms. The number of carbonyl (C=O) groups is 6. The summed E-state index contributed by atoms with van der Waals surface area (Å²) >= 11 is 0. The van der Waals surface area contributed by atoms with Gasteiger partial charge in [-0.25, -0.2) is 9.59 Å². The number of ether oxygens (including phenoxy) is 4. The average molecular weight is 1660 g/mol. The van der Waals surface area contributed by atoms with Crippen LogP contribution in [0.5, 0.6) is 5.75 Å². The van der Waals surface area contributed by atoms with Gasteiger partial charge in [0.1, 0.15) is 5.75 Å². The molecule has 0 aliphatic rings. The largest absolute Gasteiger partial charge is 0.507 e. The Kier molecular flexibility index (Phi) is 58.6. The molecular weight excluding hydrogens is 1520 g/mol. The van der Waals surface area contributed by atoms with E-state index in [4.69, 9.17) is 24.5 Å². The number of phenols is 1. The molecule has 0 aliphatic carbocycles. The highest BCUT2D eigenvalue weighted by Gasteiger charge is 2.21. The summed E-state index contributed by atoms with van der Waals surface area (Å²) in [5.74, 6) is -0.429. The molecule has 15 heteroatoms. The van der Waals surface area contributed by atoms with Gasteiger partial charge in [0.05, 0.1) is 37.1 Å². The first-order valence-corrected chi connectivity index (χ1v) is 41.4. The van der Waals surface area contributed by atoms with E-state index in [-0.39, 0.29) is 63.2 Å². The SMILES string of the molecule is CC.CC(C)(C)C.CC(C)(C)C.CC(C)(C)CCOC(=O)/C=C/c1ccccc1.CC(C)(C)CCOC(=O)c1ccccc1.CN=[N+]=[N-].COCC(O)C(C)(C)C.COCCC(C)(C)C.O=C(c1ccccc1)c1ccccc1.O=C(c1ccccc1)c1ccccc1.O=C(c1ccccc1)c1ccccc1.O=C(c1ccccc1)c1ccccc1O. The van der Waals surface area contributed by atoms with Crippen LogP contribution in [0.25, 0.3) is 16.5 Å². The summed E-state index contributed by atoms with van der Waals surface area (Å²) in [6.07, 6.45) is 5.77. The molecule has 10 aromatic carbocycles. The second kappa shape index (κ2) is 63.5. The van der Waals surface area contributed by atoms with Gasteiger partial charge in [-0.3, -0.25) is 19.2 Å². The van der Waals surface area contributed by atoms with Crippen molar-refractivity contribution in [1.29, 1.82) is 0 Å². The van der Waals surface area contributed by atoms with Gasteiger partial charge in [0.2, 0.25) is 0 Å². The van der Waals surface area contributed by atoms with Crippen LogP contribution >= 0.6 is 0 Å². The van der Waals surface area contributed by atoms with Gasteiger partial charge >= 0.3 is 11.9 Å².